The van der Waals surface area contributed by atoms with Crippen molar-refractivity contribution in [3.05, 3.63) is 102 Å². The highest BCUT2D eigenvalue weighted by atomic mass is 16.5. The summed E-state index contributed by atoms with van der Waals surface area (Å²) >= 11 is 0. The van der Waals surface area contributed by atoms with E-state index in [0.717, 1.165) is 33.2 Å². The first-order valence-electron chi connectivity index (χ1n) is 11.8. The van der Waals surface area contributed by atoms with Crippen LogP contribution >= 0.6 is 0 Å². The van der Waals surface area contributed by atoms with Crippen LogP contribution in [-0.4, -0.2) is 38.8 Å². The summed E-state index contributed by atoms with van der Waals surface area (Å²) in [6.45, 7) is 0. The average molecular weight is 488 g/mol. The van der Waals surface area contributed by atoms with E-state index in [1.807, 2.05) is 54.6 Å². The fourth-order valence-corrected chi connectivity index (χ4v) is 5.07. The topological polar surface area (TPSA) is 83.7 Å². The summed E-state index contributed by atoms with van der Waals surface area (Å²) in [6, 6.07) is 24.0. The summed E-state index contributed by atoms with van der Waals surface area (Å²) in [4.78, 5) is 14.0. The van der Waals surface area contributed by atoms with Crippen molar-refractivity contribution in [2.24, 2.45) is 0 Å². The quantitative estimate of drug-likeness (QED) is 0.318. The average Bonchev–Trinajstić information content (AvgIpc) is 3.41. The van der Waals surface area contributed by atoms with Crippen molar-refractivity contribution in [1.82, 2.24) is 24.6 Å². The molecule has 7 rings (SSSR count). The number of benzene rings is 3. The molecule has 0 aliphatic carbocycles. The van der Waals surface area contributed by atoms with Crippen molar-refractivity contribution in [3.8, 4) is 34.6 Å². The molecule has 8 nitrogen and oxygen atoms in total. The first kappa shape index (κ1) is 21.3. The van der Waals surface area contributed by atoms with Crippen molar-refractivity contribution < 1.29 is 14.2 Å². The first-order chi connectivity index (χ1) is 18.2. The molecular weight excluding hydrogens is 466 g/mol. The lowest BCUT2D eigenvalue weighted by Gasteiger charge is -2.29. The number of aromatic nitrogens is 5. The minimum Gasteiger partial charge on any atom is -0.493 e. The minimum atomic E-state index is -0.248. The fourth-order valence-electron chi connectivity index (χ4n) is 5.07. The molecule has 8 heteroatoms. The Kier molecular flexibility index (Phi) is 4.78. The molecule has 0 radical (unpaired) electrons. The van der Waals surface area contributed by atoms with E-state index < -0.39 is 0 Å². The van der Waals surface area contributed by atoms with Gasteiger partial charge < -0.3 is 14.2 Å². The van der Waals surface area contributed by atoms with Crippen LogP contribution in [0, 0.1) is 0 Å². The monoisotopic (exact) mass is 487 g/mol. The zero-order chi connectivity index (χ0) is 24.9. The van der Waals surface area contributed by atoms with Crippen LogP contribution in [0.2, 0.25) is 0 Å². The molecule has 37 heavy (non-hydrogen) atoms. The molecule has 3 aromatic heterocycles. The van der Waals surface area contributed by atoms with Crippen molar-refractivity contribution in [3.63, 3.8) is 0 Å². The SMILES string of the molecule is COc1ccc(C2c3c(ccc4ccccc34)Oc3ncn4nc(-c5ccccn5)nc4c32)cc1OC. The lowest BCUT2D eigenvalue weighted by atomic mass is 9.81. The first-order valence-corrected chi connectivity index (χ1v) is 11.8. The highest BCUT2D eigenvalue weighted by Crippen LogP contribution is 2.51. The Balaban J connectivity index is 1.54. The Morgan fingerprint density at radius 2 is 1.70 bits per heavy atom. The molecule has 1 aliphatic rings. The molecule has 3 aromatic carbocycles. The predicted octanol–water partition coefficient (Wildman–Crippen LogP) is 5.64. The van der Waals surface area contributed by atoms with E-state index in [1.54, 1.807) is 31.3 Å². The number of rotatable bonds is 4. The van der Waals surface area contributed by atoms with Crippen LogP contribution in [0.4, 0.5) is 0 Å². The number of ether oxygens (including phenoxy) is 3. The van der Waals surface area contributed by atoms with Gasteiger partial charge in [0.15, 0.2) is 17.1 Å². The Labute approximate surface area is 212 Å². The molecular formula is C29H21N5O3. The Morgan fingerprint density at radius 1 is 0.838 bits per heavy atom. The number of nitrogens with zero attached hydrogens (tertiary/aromatic N) is 5. The van der Waals surface area contributed by atoms with Crippen LogP contribution in [0.1, 0.15) is 22.6 Å². The standard InChI is InChI=1S/C29H21N5O3/c1-35-21-12-11-18(15-23(21)36-2)24-25-19-8-4-3-7-17(19)10-13-22(25)37-29-26(24)28-32-27(33-34(28)16-31-29)20-9-5-6-14-30-20/h3-16,24H,1-2H3. The van der Waals surface area contributed by atoms with Gasteiger partial charge in [0.05, 0.1) is 19.8 Å². The van der Waals surface area contributed by atoms with Gasteiger partial charge in [-0.1, -0.05) is 42.5 Å². The summed E-state index contributed by atoms with van der Waals surface area (Å²) in [6.07, 6.45) is 3.36. The highest BCUT2D eigenvalue weighted by molar-refractivity contribution is 5.91. The Bertz CT molecular complexity index is 1800. The number of hydrogen-bond donors (Lipinski definition) is 0. The second kappa shape index (κ2) is 8.30. The number of hydrogen-bond acceptors (Lipinski definition) is 7. The maximum Gasteiger partial charge on any atom is 0.228 e. The van der Waals surface area contributed by atoms with E-state index in [-0.39, 0.29) is 5.92 Å². The third-order valence-corrected chi connectivity index (χ3v) is 6.74. The molecule has 1 atom stereocenters. The van der Waals surface area contributed by atoms with Gasteiger partial charge in [-0.2, -0.15) is 0 Å². The Morgan fingerprint density at radius 3 is 2.54 bits per heavy atom. The highest BCUT2D eigenvalue weighted by Gasteiger charge is 2.35. The molecule has 1 aliphatic heterocycles. The number of fused-ring (bicyclic) bond motifs is 6. The molecule has 1 unspecified atom stereocenters. The molecule has 0 fully saturated rings. The largest absolute Gasteiger partial charge is 0.493 e. The van der Waals surface area contributed by atoms with E-state index in [0.29, 0.717) is 34.5 Å². The van der Waals surface area contributed by atoms with Gasteiger partial charge in [-0.05, 0) is 46.7 Å². The normalized spacial score (nSPS) is 14.2. The van der Waals surface area contributed by atoms with Gasteiger partial charge in [-0.25, -0.2) is 14.5 Å². The third-order valence-electron chi connectivity index (χ3n) is 6.74. The second-order valence-electron chi connectivity index (χ2n) is 8.73. The maximum atomic E-state index is 6.40. The second-order valence-corrected chi connectivity index (χ2v) is 8.73. The molecule has 6 aromatic rings. The summed E-state index contributed by atoms with van der Waals surface area (Å²) < 4.78 is 19.3. The molecule has 4 heterocycles. The van der Waals surface area contributed by atoms with Gasteiger partial charge in [-0.15, -0.1) is 5.10 Å². The van der Waals surface area contributed by atoms with Crippen molar-refractivity contribution >= 4 is 16.4 Å². The molecule has 0 saturated carbocycles. The van der Waals surface area contributed by atoms with Crippen molar-refractivity contribution in [1.29, 1.82) is 0 Å². The van der Waals surface area contributed by atoms with Gasteiger partial charge in [0.1, 0.15) is 17.8 Å². The van der Waals surface area contributed by atoms with E-state index >= 15 is 0 Å². The maximum absolute atomic E-state index is 6.40. The Hall–Kier alpha value is -4.98. The predicted molar refractivity (Wildman–Crippen MR) is 139 cm³/mol. The molecule has 180 valence electrons. The zero-order valence-corrected chi connectivity index (χ0v) is 20.1. The lowest BCUT2D eigenvalue weighted by molar-refractivity contribution is 0.354. The van der Waals surface area contributed by atoms with Gasteiger partial charge in [-0.3, -0.25) is 4.98 Å². The van der Waals surface area contributed by atoms with E-state index in [4.69, 9.17) is 19.2 Å². The van der Waals surface area contributed by atoms with Crippen LogP contribution in [0.5, 0.6) is 23.1 Å². The molecule has 0 saturated heterocycles. The van der Waals surface area contributed by atoms with Crippen LogP contribution in [0.15, 0.2) is 85.3 Å². The molecule has 0 spiro atoms. The summed E-state index contributed by atoms with van der Waals surface area (Å²) in [5, 5.41) is 6.89. The van der Waals surface area contributed by atoms with Gasteiger partial charge in [0, 0.05) is 17.7 Å². The lowest BCUT2D eigenvalue weighted by Crippen LogP contribution is -2.15. The van der Waals surface area contributed by atoms with Crippen LogP contribution in [0.25, 0.3) is 27.9 Å². The zero-order valence-electron chi connectivity index (χ0n) is 20.1. The minimum absolute atomic E-state index is 0.248. The number of pyridine rings is 1. The molecule has 0 amide bonds. The molecule has 0 bridgehead atoms. The van der Waals surface area contributed by atoms with Crippen molar-refractivity contribution in [2.45, 2.75) is 5.92 Å². The number of methoxy groups -OCH3 is 2. The van der Waals surface area contributed by atoms with Gasteiger partial charge in [0.2, 0.25) is 11.7 Å². The summed E-state index contributed by atoms with van der Waals surface area (Å²) in [5.74, 6) is 2.83. The van der Waals surface area contributed by atoms with E-state index in [9.17, 15) is 0 Å². The van der Waals surface area contributed by atoms with Gasteiger partial charge >= 0.3 is 0 Å². The van der Waals surface area contributed by atoms with Crippen molar-refractivity contribution in [2.75, 3.05) is 14.2 Å². The smallest absolute Gasteiger partial charge is 0.228 e. The third kappa shape index (κ3) is 3.30. The van der Waals surface area contributed by atoms with Gasteiger partial charge in [0.25, 0.3) is 0 Å². The van der Waals surface area contributed by atoms with Crippen LogP contribution < -0.4 is 14.2 Å². The fraction of sp³-hybridized carbons (Fsp3) is 0.103. The summed E-state index contributed by atoms with van der Waals surface area (Å²) in [7, 11) is 3.27. The van der Waals surface area contributed by atoms with E-state index in [1.165, 1.54) is 0 Å². The van der Waals surface area contributed by atoms with Crippen LogP contribution in [0.3, 0.4) is 0 Å². The van der Waals surface area contributed by atoms with Crippen LogP contribution in [-0.2, 0) is 0 Å². The summed E-state index contributed by atoms with van der Waals surface area (Å²) in [5.41, 5.74) is 4.20. The molecule has 0 N–H and O–H groups in total. The van der Waals surface area contributed by atoms with E-state index in [2.05, 4.69) is 33.3 Å².